The summed E-state index contributed by atoms with van der Waals surface area (Å²) in [5.74, 6) is 0.936. The van der Waals surface area contributed by atoms with Gasteiger partial charge in [-0.1, -0.05) is 32.1 Å². The normalized spacial score (nSPS) is 30.0. The minimum atomic E-state index is 0.649. The molecule has 0 aromatic rings. The van der Waals surface area contributed by atoms with E-state index < -0.39 is 0 Å². The fraction of sp³-hybridized carbons (Fsp3) is 1.00. The maximum atomic E-state index is 5.38. The molecule has 88 valence electrons. The van der Waals surface area contributed by atoms with Gasteiger partial charge in [0.1, 0.15) is 0 Å². The Kier molecular flexibility index (Phi) is 4.94. The monoisotopic (exact) mass is 211 g/mol. The Morgan fingerprint density at radius 2 is 1.67 bits per heavy atom. The summed E-state index contributed by atoms with van der Waals surface area (Å²) >= 11 is 0. The Morgan fingerprint density at radius 1 is 0.933 bits per heavy atom. The van der Waals surface area contributed by atoms with Crippen LogP contribution in [0.2, 0.25) is 0 Å². The van der Waals surface area contributed by atoms with Crippen LogP contribution in [-0.2, 0) is 4.74 Å². The van der Waals surface area contributed by atoms with Crippen molar-refractivity contribution in [2.75, 3.05) is 19.8 Å². The van der Waals surface area contributed by atoms with Crippen molar-refractivity contribution < 1.29 is 4.74 Å². The van der Waals surface area contributed by atoms with Crippen LogP contribution in [0.25, 0.3) is 0 Å². The molecule has 2 rings (SSSR count). The van der Waals surface area contributed by atoms with Crippen LogP contribution < -0.4 is 5.32 Å². The molecular formula is C13H25NO. The Morgan fingerprint density at radius 3 is 2.33 bits per heavy atom. The number of hydrogen-bond acceptors (Lipinski definition) is 2. The first-order valence-electron chi connectivity index (χ1n) is 6.76. The molecule has 0 bridgehead atoms. The number of rotatable bonds is 3. The van der Waals surface area contributed by atoms with E-state index in [4.69, 9.17) is 4.74 Å². The largest absolute Gasteiger partial charge is 0.380 e. The van der Waals surface area contributed by atoms with Gasteiger partial charge in [-0.15, -0.1) is 0 Å². The van der Waals surface area contributed by atoms with E-state index in [-0.39, 0.29) is 0 Å². The molecule has 2 nitrogen and oxygen atoms in total. The predicted molar refractivity (Wildman–Crippen MR) is 63.0 cm³/mol. The summed E-state index contributed by atoms with van der Waals surface area (Å²) in [5, 5.41) is 3.67. The van der Waals surface area contributed by atoms with Crippen molar-refractivity contribution >= 4 is 0 Å². The van der Waals surface area contributed by atoms with Crippen molar-refractivity contribution in [2.24, 2.45) is 5.92 Å². The standard InChI is InChI=1S/C13H25NO/c1-2-4-6-12(7-5-3-1)10-14-13-8-9-15-11-13/h12-14H,1-11H2. The van der Waals surface area contributed by atoms with E-state index in [2.05, 4.69) is 5.32 Å². The summed E-state index contributed by atoms with van der Waals surface area (Å²) < 4.78 is 5.38. The highest BCUT2D eigenvalue weighted by molar-refractivity contribution is 4.74. The van der Waals surface area contributed by atoms with Crippen LogP contribution in [0.3, 0.4) is 0 Å². The number of nitrogens with one attached hydrogen (secondary N) is 1. The molecule has 15 heavy (non-hydrogen) atoms. The molecule has 1 heterocycles. The summed E-state index contributed by atoms with van der Waals surface area (Å²) in [5.41, 5.74) is 0. The van der Waals surface area contributed by atoms with Crippen LogP contribution in [0.1, 0.15) is 51.4 Å². The molecule has 1 saturated carbocycles. The second kappa shape index (κ2) is 6.49. The molecule has 0 aromatic heterocycles. The molecular weight excluding hydrogens is 186 g/mol. The molecule has 2 fully saturated rings. The third kappa shape index (κ3) is 4.12. The first-order chi connectivity index (χ1) is 7.45. The number of ether oxygens (including phenoxy) is 1. The Balaban J connectivity index is 1.62. The lowest BCUT2D eigenvalue weighted by Crippen LogP contribution is -2.33. The zero-order valence-electron chi connectivity index (χ0n) is 9.84. The maximum absolute atomic E-state index is 5.38. The van der Waals surface area contributed by atoms with Crippen molar-refractivity contribution in [3.8, 4) is 0 Å². The van der Waals surface area contributed by atoms with Crippen molar-refractivity contribution in [1.82, 2.24) is 5.32 Å². The molecule has 1 atom stereocenters. The highest BCUT2D eigenvalue weighted by atomic mass is 16.5. The van der Waals surface area contributed by atoms with Crippen molar-refractivity contribution in [2.45, 2.75) is 57.4 Å². The van der Waals surface area contributed by atoms with Gasteiger partial charge in [0.15, 0.2) is 0 Å². The molecule has 1 aliphatic carbocycles. The summed E-state index contributed by atoms with van der Waals surface area (Å²) in [6, 6.07) is 0.649. The lowest BCUT2D eigenvalue weighted by atomic mass is 9.91. The third-order valence-electron chi connectivity index (χ3n) is 3.85. The van der Waals surface area contributed by atoms with E-state index in [1.807, 2.05) is 0 Å². The SMILES string of the molecule is C1CCCC(CNC2CCOC2)CCC1. The van der Waals surface area contributed by atoms with E-state index in [0.29, 0.717) is 6.04 Å². The van der Waals surface area contributed by atoms with Gasteiger partial charge in [-0.3, -0.25) is 0 Å². The van der Waals surface area contributed by atoms with Gasteiger partial charge in [0, 0.05) is 12.6 Å². The van der Waals surface area contributed by atoms with E-state index in [1.165, 1.54) is 57.9 Å². The minimum Gasteiger partial charge on any atom is -0.380 e. The van der Waals surface area contributed by atoms with Crippen LogP contribution in [-0.4, -0.2) is 25.8 Å². The average molecular weight is 211 g/mol. The highest BCUT2D eigenvalue weighted by Crippen LogP contribution is 2.21. The fourth-order valence-electron chi connectivity index (χ4n) is 2.77. The molecule has 1 aliphatic heterocycles. The lowest BCUT2D eigenvalue weighted by molar-refractivity contribution is 0.188. The van der Waals surface area contributed by atoms with Gasteiger partial charge < -0.3 is 10.1 Å². The van der Waals surface area contributed by atoms with Crippen LogP contribution >= 0.6 is 0 Å². The molecule has 0 spiro atoms. The van der Waals surface area contributed by atoms with Crippen LogP contribution in [0.4, 0.5) is 0 Å². The first kappa shape index (κ1) is 11.4. The molecule has 0 radical (unpaired) electrons. The topological polar surface area (TPSA) is 21.3 Å². The van der Waals surface area contributed by atoms with Crippen molar-refractivity contribution in [3.63, 3.8) is 0 Å². The Hall–Kier alpha value is -0.0800. The molecule has 0 amide bonds. The van der Waals surface area contributed by atoms with Gasteiger partial charge in [-0.25, -0.2) is 0 Å². The van der Waals surface area contributed by atoms with E-state index in [0.717, 1.165) is 19.1 Å². The second-order valence-electron chi connectivity index (χ2n) is 5.18. The van der Waals surface area contributed by atoms with E-state index in [9.17, 15) is 0 Å². The van der Waals surface area contributed by atoms with Gasteiger partial charge in [0.05, 0.1) is 6.61 Å². The average Bonchev–Trinajstić information content (AvgIpc) is 2.68. The van der Waals surface area contributed by atoms with Gasteiger partial charge >= 0.3 is 0 Å². The predicted octanol–water partition coefficient (Wildman–Crippen LogP) is 2.73. The Bertz CT molecular complexity index is 158. The van der Waals surface area contributed by atoms with Gasteiger partial charge in [0.2, 0.25) is 0 Å². The van der Waals surface area contributed by atoms with Crippen molar-refractivity contribution in [3.05, 3.63) is 0 Å². The zero-order valence-corrected chi connectivity index (χ0v) is 9.84. The van der Waals surface area contributed by atoms with E-state index >= 15 is 0 Å². The smallest absolute Gasteiger partial charge is 0.0620 e. The molecule has 1 unspecified atom stereocenters. The lowest BCUT2D eigenvalue weighted by Gasteiger charge is -2.21. The summed E-state index contributed by atoms with van der Waals surface area (Å²) in [6.07, 6.45) is 11.4. The maximum Gasteiger partial charge on any atom is 0.0620 e. The summed E-state index contributed by atoms with van der Waals surface area (Å²) in [4.78, 5) is 0. The second-order valence-corrected chi connectivity index (χ2v) is 5.18. The first-order valence-corrected chi connectivity index (χ1v) is 6.76. The molecule has 2 heteroatoms. The summed E-state index contributed by atoms with van der Waals surface area (Å²) in [6.45, 7) is 3.13. The van der Waals surface area contributed by atoms with Crippen molar-refractivity contribution in [1.29, 1.82) is 0 Å². The Labute approximate surface area is 93.8 Å². The molecule has 2 aliphatic rings. The molecule has 1 N–H and O–H groups in total. The van der Waals surface area contributed by atoms with Crippen LogP contribution in [0.5, 0.6) is 0 Å². The highest BCUT2D eigenvalue weighted by Gasteiger charge is 2.17. The quantitative estimate of drug-likeness (QED) is 0.775. The minimum absolute atomic E-state index is 0.649. The van der Waals surface area contributed by atoms with Gasteiger partial charge in [0.25, 0.3) is 0 Å². The van der Waals surface area contributed by atoms with Crippen LogP contribution in [0.15, 0.2) is 0 Å². The van der Waals surface area contributed by atoms with Crippen LogP contribution in [0, 0.1) is 5.92 Å². The summed E-state index contributed by atoms with van der Waals surface area (Å²) in [7, 11) is 0. The molecule has 0 aromatic carbocycles. The van der Waals surface area contributed by atoms with Gasteiger partial charge in [-0.2, -0.15) is 0 Å². The van der Waals surface area contributed by atoms with Gasteiger partial charge in [-0.05, 0) is 31.7 Å². The fourth-order valence-corrected chi connectivity index (χ4v) is 2.77. The third-order valence-corrected chi connectivity index (χ3v) is 3.85. The van der Waals surface area contributed by atoms with E-state index in [1.54, 1.807) is 0 Å². The number of hydrogen-bond donors (Lipinski definition) is 1. The molecule has 1 saturated heterocycles. The zero-order chi connectivity index (χ0) is 10.3.